The van der Waals surface area contributed by atoms with Crippen molar-refractivity contribution >= 4 is 33.1 Å². The molecule has 20 heavy (non-hydrogen) atoms. The maximum absolute atomic E-state index is 11.7. The number of benzene rings is 1. The van der Waals surface area contributed by atoms with Crippen LogP contribution in [-0.4, -0.2) is 44.6 Å². The number of hydrogen-bond donors (Lipinski definition) is 2. The maximum atomic E-state index is 11.7. The van der Waals surface area contributed by atoms with Crippen LogP contribution in [0.3, 0.4) is 0 Å². The standard InChI is InChI=1S/C13H19N3O2S2/c1-9-8-20(17,18)7-6-16(9)10-4-3-5-11(19-2)12(10)13(14)15/h3-5,9H,6-8H2,1-2H3,(H3,14,15). The summed E-state index contributed by atoms with van der Waals surface area (Å²) in [6, 6.07) is 5.65. The number of thioether (sulfide) groups is 1. The third-order valence-corrected chi connectivity index (χ3v) is 6.05. The Morgan fingerprint density at radius 3 is 2.75 bits per heavy atom. The lowest BCUT2D eigenvalue weighted by Gasteiger charge is -2.36. The van der Waals surface area contributed by atoms with Crippen LogP contribution in [0, 0.1) is 5.41 Å². The van der Waals surface area contributed by atoms with Crippen LogP contribution in [0.4, 0.5) is 5.69 Å². The van der Waals surface area contributed by atoms with Crippen molar-refractivity contribution in [3.8, 4) is 0 Å². The minimum Gasteiger partial charge on any atom is -0.384 e. The first kappa shape index (κ1) is 15.2. The molecule has 2 rings (SSSR count). The highest BCUT2D eigenvalue weighted by Crippen LogP contribution is 2.31. The van der Waals surface area contributed by atoms with Crippen molar-refractivity contribution in [3.63, 3.8) is 0 Å². The van der Waals surface area contributed by atoms with Crippen LogP contribution in [0.1, 0.15) is 12.5 Å². The Balaban J connectivity index is 2.45. The van der Waals surface area contributed by atoms with E-state index in [-0.39, 0.29) is 23.4 Å². The number of nitrogens with zero attached hydrogens (tertiary/aromatic N) is 1. The van der Waals surface area contributed by atoms with Gasteiger partial charge >= 0.3 is 0 Å². The first-order chi connectivity index (χ1) is 9.35. The van der Waals surface area contributed by atoms with Gasteiger partial charge in [-0.05, 0) is 25.3 Å². The Labute approximate surface area is 124 Å². The molecule has 7 heteroatoms. The molecule has 1 saturated heterocycles. The summed E-state index contributed by atoms with van der Waals surface area (Å²) in [6.07, 6.45) is 1.94. The van der Waals surface area contributed by atoms with E-state index in [0.29, 0.717) is 12.1 Å². The van der Waals surface area contributed by atoms with Crippen molar-refractivity contribution in [1.82, 2.24) is 0 Å². The molecule has 5 nitrogen and oxygen atoms in total. The third-order valence-electron chi connectivity index (χ3n) is 3.47. The summed E-state index contributed by atoms with van der Waals surface area (Å²) >= 11 is 1.54. The van der Waals surface area contributed by atoms with Crippen molar-refractivity contribution in [1.29, 1.82) is 5.41 Å². The number of rotatable bonds is 3. The van der Waals surface area contributed by atoms with Gasteiger partial charge in [0.2, 0.25) is 0 Å². The molecule has 1 unspecified atom stereocenters. The Morgan fingerprint density at radius 2 is 2.20 bits per heavy atom. The van der Waals surface area contributed by atoms with Gasteiger partial charge in [-0.2, -0.15) is 0 Å². The fourth-order valence-corrected chi connectivity index (χ4v) is 4.75. The molecule has 0 bridgehead atoms. The quantitative estimate of drug-likeness (QED) is 0.499. The van der Waals surface area contributed by atoms with E-state index in [9.17, 15) is 8.42 Å². The molecule has 3 N–H and O–H groups in total. The molecule has 110 valence electrons. The second-order valence-corrected chi connectivity index (χ2v) is 8.00. The Hall–Kier alpha value is -1.21. The normalized spacial score (nSPS) is 21.7. The van der Waals surface area contributed by atoms with E-state index in [0.717, 1.165) is 10.6 Å². The van der Waals surface area contributed by atoms with E-state index < -0.39 is 9.84 Å². The second-order valence-electron chi connectivity index (χ2n) is 4.92. The maximum Gasteiger partial charge on any atom is 0.154 e. The SMILES string of the molecule is CSc1cccc(N2CCS(=O)(=O)CC2C)c1C(=N)N. The molecule has 1 aromatic rings. The summed E-state index contributed by atoms with van der Waals surface area (Å²) in [7, 11) is -2.95. The average Bonchev–Trinajstić information content (AvgIpc) is 2.36. The number of sulfone groups is 1. The lowest BCUT2D eigenvalue weighted by Crippen LogP contribution is -2.47. The van der Waals surface area contributed by atoms with Gasteiger partial charge in [-0.3, -0.25) is 5.41 Å². The fourth-order valence-electron chi connectivity index (χ4n) is 2.56. The number of amidine groups is 1. The molecule has 0 aromatic heterocycles. The van der Waals surface area contributed by atoms with Crippen LogP contribution in [0.5, 0.6) is 0 Å². The van der Waals surface area contributed by atoms with Crippen molar-refractivity contribution in [2.45, 2.75) is 17.9 Å². The van der Waals surface area contributed by atoms with E-state index in [1.165, 1.54) is 11.8 Å². The van der Waals surface area contributed by atoms with Crippen LogP contribution in [-0.2, 0) is 9.84 Å². The van der Waals surface area contributed by atoms with E-state index >= 15 is 0 Å². The van der Waals surface area contributed by atoms with E-state index in [1.54, 1.807) is 0 Å². The van der Waals surface area contributed by atoms with Gasteiger partial charge in [0.25, 0.3) is 0 Å². The van der Waals surface area contributed by atoms with Gasteiger partial charge in [-0.25, -0.2) is 8.42 Å². The number of nitrogen functional groups attached to an aromatic ring is 1. The van der Waals surface area contributed by atoms with Crippen molar-refractivity contribution in [2.24, 2.45) is 5.73 Å². The molecule has 0 spiro atoms. The zero-order valence-corrected chi connectivity index (χ0v) is 13.2. The molecule has 1 aliphatic rings. The van der Waals surface area contributed by atoms with Crippen molar-refractivity contribution in [3.05, 3.63) is 23.8 Å². The Morgan fingerprint density at radius 1 is 1.50 bits per heavy atom. The van der Waals surface area contributed by atoms with Gasteiger partial charge in [0.15, 0.2) is 9.84 Å². The van der Waals surface area contributed by atoms with Crippen LogP contribution in [0.2, 0.25) is 0 Å². The van der Waals surface area contributed by atoms with Gasteiger partial charge in [-0.15, -0.1) is 11.8 Å². The zero-order chi connectivity index (χ0) is 14.9. The van der Waals surface area contributed by atoms with E-state index in [4.69, 9.17) is 11.1 Å². The second kappa shape index (κ2) is 5.65. The molecule has 1 atom stereocenters. The first-order valence-corrected chi connectivity index (χ1v) is 9.39. The number of nitrogens with two attached hydrogens (primary N) is 1. The van der Waals surface area contributed by atoms with E-state index in [1.807, 2.05) is 36.3 Å². The summed E-state index contributed by atoms with van der Waals surface area (Å²) in [6.45, 7) is 2.34. The highest BCUT2D eigenvalue weighted by molar-refractivity contribution is 7.98. The smallest absolute Gasteiger partial charge is 0.154 e. The van der Waals surface area contributed by atoms with Crippen LogP contribution >= 0.6 is 11.8 Å². The van der Waals surface area contributed by atoms with Gasteiger partial charge in [0.1, 0.15) is 5.84 Å². The van der Waals surface area contributed by atoms with Gasteiger partial charge in [0, 0.05) is 23.2 Å². The molecule has 0 radical (unpaired) electrons. The molecule has 0 aliphatic carbocycles. The summed E-state index contributed by atoms with van der Waals surface area (Å²) in [5, 5.41) is 7.80. The lowest BCUT2D eigenvalue weighted by molar-refractivity contribution is 0.568. The summed E-state index contributed by atoms with van der Waals surface area (Å²) in [4.78, 5) is 2.98. The number of hydrogen-bond acceptors (Lipinski definition) is 5. The molecule has 1 fully saturated rings. The summed E-state index contributed by atoms with van der Waals surface area (Å²) in [5.41, 5.74) is 7.28. The molecule has 1 heterocycles. The third kappa shape index (κ3) is 2.93. The van der Waals surface area contributed by atoms with Gasteiger partial charge in [0.05, 0.1) is 17.1 Å². The topological polar surface area (TPSA) is 87.2 Å². The highest BCUT2D eigenvalue weighted by atomic mass is 32.2. The predicted molar refractivity (Wildman–Crippen MR) is 84.7 cm³/mol. The van der Waals surface area contributed by atoms with Crippen LogP contribution < -0.4 is 10.6 Å². The highest BCUT2D eigenvalue weighted by Gasteiger charge is 2.30. The molecular weight excluding hydrogens is 294 g/mol. The molecule has 1 aliphatic heterocycles. The number of nitrogens with one attached hydrogen (secondary N) is 1. The summed E-state index contributed by atoms with van der Waals surface area (Å²) in [5.74, 6) is 0.317. The summed E-state index contributed by atoms with van der Waals surface area (Å²) < 4.78 is 23.4. The monoisotopic (exact) mass is 313 g/mol. The van der Waals surface area contributed by atoms with Crippen LogP contribution in [0.15, 0.2) is 23.1 Å². The molecule has 0 amide bonds. The largest absolute Gasteiger partial charge is 0.384 e. The Kier molecular flexibility index (Phi) is 4.29. The lowest BCUT2D eigenvalue weighted by atomic mass is 10.1. The van der Waals surface area contributed by atoms with Gasteiger partial charge < -0.3 is 10.6 Å². The molecular formula is C13H19N3O2S2. The van der Waals surface area contributed by atoms with Crippen LogP contribution in [0.25, 0.3) is 0 Å². The van der Waals surface area contributed by atoms with Gasteiger partial charge in [-0.1, -0.05) is 6.07 Å². The van der Waals surface area contributed by atoms with E-state index in [2.05, 4.69) is 0 Å². The average molecular weight is 313 g/mol. The minimum atomic E-state index is -2.95. The van der Waals surface area contributed by atoms with Crippen molar-refractivity contribution < 1.29 is 8.42 Å². The first-order valence-electron chi connectivity index (χ1n) is 6.34. The molecule has 0 saturated carbocycles. The van der Waals surface area contributed by atoms with Crippen molar-refractivity contribution in [2.75, 3.05) is 29.2 Å². The minimum absolute atomic E-state index is 0.0191. The Bertz CT molecular complexity index is 629. The zero-order valence-electron chi connectivity index (χ0n) is 11.6. The predicted octanol–water partition coefficient (Wildman–Crippen LogP) is 1.32. The fraction of sp³-hybridized carbons (Fsp3) is 0.462. The number of anilines is 1. The molecule has 1 aromatic carbocycles.